The summed E-state index contributed by atoms with van der Waals surface area (Å²) in [5.74, 6) is 0. The van der Waals surface area contributed by atoms with E-state index in [9.17, 15) is 0 Å². The highest BCUT2D eigenvalue weighted by Crippen LogP contribution is 2.25. The summed E-state index contributed by atoms with van der Waals surface area (Å²) in [6, 6.07) is 16.5. The number of benzene rings is 2. The third-order valence-electron chi connectivity index (χ3n) is 4.49. The first-order chi connectivity index (χ1) is 13.0. The average Bonchev–Trinajstić information content (AvgIpc) is 3.20. The number of rotatable bonds is 2. The fourth-order valence-corrected chi connectivity index (χ4v) is 5.70. The maximum absolute atomic E-state index is 5.85. The third kappa shape index (κ3) is 4.72. The fraction of sp³-hybridized carbons (Fsp3) is 0.273. The summed E-state index contributed by atoms with van der Waals surface area (Å²) >= 11 is 7.06. The molecule has 4 rings (SSSR count). The van der Waals surface area contributed by atoms with E-state index in [1.165, 1.54) is 21.5 Å². The molecule has 0 bridgehead atoms. The van der Waals surface area contributed by atoms with Gasteiger partial charge in [-0.15, -0.1) is 0 Å². The molecule has 0 unspecified atom stereocenters. The Morgan fingerprint density at radius 3 is 1.25 bits per heavy atom. The van der Waals surface area contributed by atoms with Crippen molar-refractivity contribution in [2.75, 3.05) is 0 Å². The molecule has 0 N–H and O–H groups in total. The fourth-order valence-electron chi connectivity index (χ4n) is 2.79. The van der Waals surface area contributed by atoms with Crippen molar-refractivity contribution < 1.29 is 8.83 Å². The number of hydrogen-bond acceptors (Lipinski definition) is 2. The molecule has 0 aliphatic rings. The first kappa shape index (κ1) is 21.6. The van der Waals surface area contributed by atoms with E-state index in [-0.39, 0.29) is 0 Å². The molecule has 0 amide bonds. The van der Waals surface area contributed by atoms with Crippen molar-refractivity contribution in [3.05, 3.63) is 57.5 Å². The molecule has 2 aromatic carbocycles. The molecule has 2 aromatic heterocycles. The standard InChI is InChI=1S/2C11H13BrOSi/c2*1-14(2,3)11-7-8-9(12)5-4-6-10(8)13-11/h2*4-7H,1-3H3. The Morgan fingerprint density at radius 1 is 0.607 bits per heavy atom. The van der Waals surface area contributed by atoms with Gasteiger partial charge in [0.25, 0.3) is 0 Å². The van der Waals surface area contributed by atoms with Gasteiger partial charge in [-0.2, -0.15) is 0 Å². The van der Waals surface area contributed by atoms with Gasteiger partial charge >= 0.3 is 0 Å². The summed E-state index contributed by atoms with van der Waals surface area (Å²) in [6.45, 7) is 13.7. The van der Waals surface area contributed by atoms with Crippen LogP contribution in [0.2, 0.25) is 39.3 Å². The van der Waals surface area contributed by atoms with Crippen LogP contribution in [-0.4, -0.2) is 16.1 Å². The van der Waals surface area contributed by atoms with E-state index in [2.05, 4.69) is 83.3 Å². The van der Waals surface area contributed by atoms with Crippen LogP contribution in [0, 0.1) is 0 Å². The Hall–Kier alpha value is -1.09. The predicted octanol–water partition coefficient (Wildman–Crippen LogP) is 7.48. The van der Waals surface area contributed by atoms with Crippen molar-refractivity contribution >= 4 is 80.7 Å². The minimum Gasteiger partial charge on any atom is -0.466 e. The molecule has 0 spiro atoms. The Bertz CT molecular complexity index is 1030. The molecule has 4 aromatic rings. The lowest BCUT2D eigenvalue weighted by Gasteiger charge is -2.10. The molecule has 2 heterocycles. The SMILES string of the molecule is C[Si](C)(C)c1cc2c(Br)cccc2o1.C[Si](C)(C)c1cc2c(Br)cccc2o1. The van der Waals surface area contributed by atoms with Crippen LogP contribution in [0.5, 0.6) is 0 Å². The van der Waals surface area contributed by atoms with Gasteiger partial charge in [0.05, 0.1) is 10.8 Å². The second-order valence-corrected chi connectivity index (χ2v) is 20.7. The summed E-state index contributed by atoms with van der Waals surface area (Å²) in [6.07, 6.45) is 0. The van der Waals surface area contributed by atoms with Crippen LogP contribution >= 0.6 is 31.9 Å². The molecule has 28 heavy (non-hydrogen) atoms. The quantitative estimate of drug-likeness (QED) is 0.248. The Labute approximate surface area is 185 Å². The Kier molecular flexibility index (Phi) is 6.16. The second kappa shape index (κ2) is 7.97. The smallest absolute Gasteiger partial charge is 0.134 e. The molecule has 0 atom stereocenters. The summed E-state index contributed by atoms with van der Waals surface area (Å²) in [7, 11) is -2.65. The molecule has 0 aliphatic carbocycles. The lowest BCUT2D eigenvalue weighted by Crippen LogP contribution is -2.36. The van der Waals surface area contributed by atoms with Crippen LogP contribution in [0.15, 0.2) is 66.3 Å². The molecule has 0 fully saturated rings. The molecule has 2 nitrogen and oxygen atoms in total. The first-order valence-electron chi connectivity index (χ1n) is 9.34. The van der Waals surface area contributed by atoms with E-state index in [0.29, 0.717) is 0 Å². The van der Waals surface area contributed by atoms with E-state index in [1.54, 1.807) is 0 Å². The maximum Gasteiger partial charge on any atom is 0.134 e. The van der Waals surface area contributed by atoms with Gasteiger partial charge in [0.1, 0.15) is 27.3 Å². The highest BCUT2D eigenvalue weighted by atomic mass is 79.9. The molecule has 0 saturated carbocycles. The minimum atomic E-state index is -1.33. The molecular weight excluding hydrogens is 512 g/mol. The van der Waals surface area contributed by atoms with E-state index >= 15 is 0 Å². The average molecular weight is 538 g/mol. The van der Waals surface area contributed by atoms with Gasteiger partial charge in [-0.05, 0) is 36.4 Å². The van der Waals surface area contributed by atoms with E-state index < -0.39 is 16.1 Å². The van der Waals surface area contributed by atoms with Gasteiger partial charge in [0.15, 0.2) is 0 Å². The van der Waals surface area contributed by atoms with Crippen molar-refractivity contribution in [1.82, 2.24) is 0 Å². The number of fused-ring (bicyclic) bond motifs is 2. The normalized spacial score (nSPS) is 12.3. The monoisotopic (exact) mass is 536 g/mol. The maximum atomic E-state index is 5.85. The topological polar surface area (TPSA) is 26.3 Å². The van der Waals surface area contributed by atoms with E-state index in [0.717, 1.165) is 20.1 Å². The summed E-state index contributed by atoms with van der Waals surface area (Å²) in [4.78, 5) is 0. The van der Waals surface area contributed by atoms with Crippen molar-refractivity contribution in [1.29, 1.82) is 0 Å². The van der Waals surface area contributed by atoms with Gasteiger partial charge in [0, 0.05) is 19.7 Å². The van der Waals surface area contributed by atoms with Crippen molar-refractivity contribution in [2.24, 2.45) is 0 Å². The van der Waals surface area contributed by atoms with E-state index in [4.69, 9.17) is 8.83 Å². The summed E-state index contributed by atoms with van der Waals surface area (Å²) in [5.41, 5.74) is 1.97. The van der Waals surface area contributed by atoms with Crippen molar-refractivity contribution in [3.63, 3.8) is 0 Å². The summed E-state index contributed by atoms with van der Waals surface area (Å²) in [5, 5.41) is 4.70. The Balaban J connectivity index is 0.000000161. The van der Waals surface area contributed by atoms with Crippen molar-refractivity contribution in [2.45, 2.75) is 39.3 Å². The van der Waals surface area contributed by atoms with Crippen LogP contribution in [0.4, 0.5) is 0 Å². The Morgan fingerprint density at radius 2 is 0.964 bits per heavy atom. The van der Waals surface area contributed by atoms with Crippen LogP contribution in [-0.2, 0) is 0 Å². The van der Waals surface area contributed by atoms with Gasteiger partial charge in [-0.1, -0.05) is 83.3 Å². The molecule has 6 heteroatoms. The first-order valence-corrected chi connectivity index (χ1v) is 17.9. The number of hydrogen-bond donors (Lipinski definition) is 0. The molecule has 0 aliphatic heterocycles. The highest BCUT2D eigenvalue weighted by Gasteiger charge is 2.22. The lowest BCUT2D eigenvalue weighted by molar-refractivity contribution is 0.648. The van der Waals surface area contributed by atoms with Crippen LogP contribution in [0.3, 0.4) is 0 Å². The molecular formula is C22H26Br2O2Si2. The molecule has 0 radical (unpaired) electrons. The van der Waals surface area contributed by atoms with Gasteiger partial charge in [0.2, 0.25) is 0 Å². The molecule has 148 valence electrons. The zero-order valence-electron chi connectivity index (χ0n) is 17.2. The lowest BCUT2D eigenvalue weighted by atomic mass is 10.3. The minimum absolute atomic E-state index is 0.983. The highest BCUT2D eigenvalue weighted by molar-refractivity contribution is 9.11. The summed E-state index contributed by atoms with van der Waals surface area (Å²) < 4.78 is 13.9. The third-order valence-corrected chi connectivity index (χ3v) is 9.33. The van der Waals surface area contributed by atoms with Crippen LogP contribution < -0.4 is 10.8 Å². The van der Waals surface area contributed by atoms with Gasteiger partial charge in [-0.3, -0.25) is 0 Å². The van der Waals surface area contributed by atoms with Gasteiger partial charge in [-0.25, -0.2) is 0 Å². The second-order valence-electron chi connectivity index (χ2n) is 9.02. The van der Waals surface area contributed by atoms with Crippen LogP contribution in [0.25, 0.3) is 21.9 Å². The number of furan rings is 2. The van der Waals surface area contributed by atoms with Gasteiger partial charge < -0.3 is 8.83 Å². The van der Waals surface area contributed by atoms with Crippen LogP contribution in [0.1, 0.15) is 0 Å². The van der Waals surface area contributed by atoms with E-state index in [1.807, 2.05) is 36.4 Å². The molecule has 0 saturated heterocycles. The number of halogens is 2. The largest absolute Gasteiger partial charge is 0.466 e. The zero-order chi connectivity index (χ0) is 20.7. The zero-order valence-corrected chi connectivity index (χ0v) is 22.4. The van der Waals surface area contributed by atoms with Crippen molar-refractivity contribution in [3.8, 4) is 0 Å². The predicted molar refractivity (Wildman–Crippen MR) is 134 cm³/mol.